The number of aromatic nitrogens is 2. The summed E-state index contributed by atoms with van der Waals surface area (Å²) >= 11 is 0. The Balaban J connectivity index is 0.985. The zero-order valence-corrected chi connectivity index (χ0v) is 80.0. The molecule has 9 N–H and O–H groups in total. The number of likely N-dealkylation sites (N-methyl/N-ethyl adjacent to an activating group) is 4. The summed E-state index contributed by atoms with van der Waals surface area (Å²) in [6.07, 6.45) is -9.03. The number of hydrogen-bond donors (Lipinski definition) is 9. The number of hydrogen-bond acceptors (Lipinski definition) is 29. The fourth-order valence-electron chi connectivity index (χ4n) is 16.1. The molecule has 3 aromatic carbocycles. The summed E-state index contributed by atoms with van der Waals surface area (Å²) in [5.41, 5.74) is -0.478. The van der Waals surface area contributed by atoms with Crippen LogP contribution in [-0.4, -0.2) is 324 Å². The zero-order chi connectivity index (χ0) is 101. The van der Waals surface area contributed by atoms with Crippen molar-refractivity contribution < 1.29 is 129 Å². The lowest BCUT2D eigenvalue weighted by atomic mass is 9.97. The number of carbonyl (C=O) groups excluding carboxylic acids is 19. The van der Waals surface area contributed by atoms with E-state index in [1.54, 1.807) is 135 Å². The van der Waals surface area contributed by atoms with Crippen LogP contribution in [0.3, 0.4) is 0 Å². The monoisotopic (exact) mass is 1910 g/mol. The number of ether oxygens (including phenoxy) is 8. The second-order valence-corrected chi connectivity index (χ2v) is 35.9. The number of anilines is 1. The van der Waals surface area contributed by atoms with Gasteiger partial charge in [0.1, 0.15) is 60.5 Å². The van der Waals surface area contributed by atoms with Crippen LogP contribution in [0.15, 0.2) is 84.9 Å². The summed E-state index contributed by atoms with van der Waals surface area (Å²) in [5.74, 6) is -18.6. The lowest BCUT2D eigenvalue weighted by molar-refractivity contribution is -0.282. The topological polar surface area (TPSA) is 552 Å². The first-order valence-electron chi connectivity index (χ1n) is 45.0. The molecule has 0 bridgehead atoms. The number of alkyl carbamates (subject to hydrolysis) is 1. The fourth-order valence-corrected chi connectivity index (χ4v) is 16.1. The van der Waals surface area contributed by atoms with E-state index in [9.17, 15) is 71.9 Å². The molecule has 15 amide bonds. The largest absolute Gasteiger partial charge is 0.486 e. The van der Waals surface area contributed by atoms with E-state index in [0.717, 1.165) is 52.4 Å². The van der Waals surface area contributed by atoms with Gasteiger partial charge in [0.15, 0.2) is 41.2 Å². The van der Waals surface area contributed by atoms with Gasteiger partial charge in [-0.05, 0) is 126 Å². The molecule has 6 heterocycles. The van der Waals surface area contributed by atoms with Crippen molar-refractivity contribution in [3.63, 3.8) is 0 Å². The molecule has 2 aromatic heterocycles. The first-order chi connectivity index (χ1) is 64.6. The summed E-state index contributed by atoms with van der Waals surface area (Å²) in [6.45, 7) is 14.5. The lowest BCUT2D eigenvalue weighted by Gasteiger charge is -2.43. The molecule has 0 radical (unpaired) electrons. The third kappa shape index (κ3) is 28.5. The number of nitrogens with one attached hydrogen (secondary N) is 9. The smallest absolute Gasteiger partial charge is 0.408 e. The maximum atomic E-state index is 15.6. The zero-order valence-electron chi connectivity index (χ0n) is 80.0. The standard InChI is InChI=1S/C93H123N17O27/c1-48(2)71(104-92(129)137-93(11,12)13)83(121)98-51(7)80(118)99-58-35-33-55(34-36-58)47-131-65-39-56-27-19-21-29-59(56)100-72(65)84(122)102-61-41-94-86(124)74(49(3)4)107(16)69(116)45-105(14)68(115)44-97-82(120)64-32-24-26-38-110(64)89(127)62(42-95-87(125)75(50(5)6)108(17)70(117)46-106(15)67(114)43-96-81(119)63-31-23-25-37-109(63)88(61)126)103-85(123)73-66(40-57-28-20-22-30-60(57)101-73)135-91-79(134-54(10)113)77(133-53(9)112)76(132-52(8)111)78(136-91)90(128)130-18/h19-22,27-30,33-36,39-40,48-51,61-64,71,74-79,91H,23-26,31-32,37-38,41-47H2,1-18H3,(H,94,124)(H,95,125)(H,96,119)(H,97,120)(H,98,121)(H,99,118)(H,102,122)(H,103,123)(H,104,129)/t51-,61+,62+,63-,64-,71-,74-,75-,76-,77-,78-,79+,91+/m0/s1. The maximum absolute atomic E-state index is 15.6. The summed E-state index contributed by atoms with van der Waals surface area (Å²) < 4.78 is 45.7. The van der Waals surface area contributed by atoms with E-state index in [1.165, 1.54) is 52.1 Å². The minimum Gasteiger partial charge on any atom is -0.486 e. The molecule has 742 valence electrons. The van der Waals surface area contributed by atoms with Crippen molar-refractivity contribution in [1.82, 2.24) is 81.9 Å². The van der Waals surface area contributed by atoms with Crippen LogP contribution >= 0.6 is 0 Å². The molecule has 0 aliphatic carbocycles. The Morgan fingerprint density at radius 3 is 1.42 bits per heavy atom. The molecule has 9 rings (SSSR count). The highest BCUT2D eigenvalue weighted by atomic mass is 16.7. The number of benzene rings is 3. The van der Waals surface area contributed by atoms with Crippen LogP contribution in [0.2, 0.25) is 0 Å². The fraction of sp³-hybridized carbons (Fsp3) is 0.538. The highest BCUT2D eigenvalue weighted by Crippen LogP contribution is 2.35. The minimum atomic E-state index is -2.05. The summed E-state index contributed by atoms with van der Waals surface area (Å²) in [6, 6.07) is 11.1. The average molecular weight is 1910 g/mol. The van der Waals surface area contributed by atoms with Gasteiger partial charge >= 0.3 is 30.0 Å². The van der Waals surface area contributed by atoms with Crippen LogP contribution in [0.1, 0.15) is 155 Å². The second kappa shape index (κ2) is 47.8. The third-order valence-electron chi connectivity index (χ3n) is 23.1. The predicted molar refractivity (Wildman–Crippen MR) is 488 cm³/mol. The van der Waals surface area contributed by atoms with Gasteiger partial charge in [0.25, 0.3) is 11.8 Å². The van der Waals surface area contributed by atoms with Crippen molar-refractivity contribution in [2.75, 3.05) is 93.0 Å². The molecule has 4 aliphatic rings. The quantitative estimate of drug-likeness (QED) is 0.0371. The number of nitrogens with zero attached hydrogens (tertiary/aromatic N) is 8. The van der Waals surface area contributed by atoms with Gasteiger partial charge in [0, 0.05) is 91.6 Å². The highest BCUT2D eigenvalue weighted by molar-refractivity contribution is 6.04. The Labute approximate surface area is 791 Å². The molecule has 4 aliphatic heterocycles. The van der Waals surface area contributed by atoms with Crippen molar-refractivity contribution in [2.24, 2.45) is 17.8 Å². The average Bonchev–Trinajstić information content (AvgIpc) is 0.765. The molecule has 137 heavy (non-hydrogen) atoms. The number of fused-ring (bicyclic) bond motifs is 4. The first kappa shape index (κ1) is 106. The Bertz CT molecular complexity index is 5360. The Kier molecular flexibility index (Phi) is 37.1. The van der Waals surface area contributed by atoms with Crippen molar-refractivity contribution in [3.8, 4) is 11.5 Å². The van der Waals surface area contributed by atoms with Crippen LogP contribution < -0.4 is 57.3 Å². The van der Waals surface area contributed by atoms with E-state index in [0.29, 0.717) is 46.8 Å². The highest BCUT2D eigenvalue weighted by Gasteiger charge is 2.57. The van der Waals surface area contributed by atoms with E-state index in [-0.39, 0.29) is 61.8 Å². The van der Waals surface area contributed by atoms with Gasteiger partial charge in [-0.1, -0.05) is 90.1 Å². The Morgan fingerprint density at radius 1 is 0.526 bits per heavy atom. The molecule has 44 nitrogen and oxygen atoms in total. The predicted octanol–water partition coefficient (Wildman–Crippen LogP) is 1.45. The van der Waals surface area contributed by atoms with Gasteiger partial charge in [-0.3, -0.25) is 81.5 Å². The van der Waals surface area contributed by atoms with Crippen molar-refractivity contribution in [2.45, 2.75) is 220 Å². The number of methoxy groups -OCH3 is 1. The SMILES string of the molecule is COC(=O)[C@H]1O[C@@H](Oc2cc3ccccc3nc2C(=O)N[C@@H]2CNC(=O)[C@H](C(C)C)N(C)C(=O)CN(C)C(=O)CNC(=O)[C@@H]3CCCCN3C(=O)[C@H](NC(=O)c3nc4ccccc4cc3OCc3ccc(NC(=O)[C@H](C)NC(=O)[C@@H](NC(=O)OC(C)(C)C)C(C)C)cc3)CNC(=O)[C@H](C(C)C)N(C)C(=O)CN(C)C(=O)CNC(=O)[C@@H]3CCCCN3C2=O)[C@H](OC(C)=O)[C@@H](OC(C)=O)[C@@H]1OC(C)=O. The van der Waals surface area contributed by atoms with Gasteiger partial charge in [-0.15, -0.1) is 0 Å². The number of pyridine rings is 2. The van der Waals surface area contributed by atoms with E-state index < -0.39 is 260 Å². The molecule has 13 atom stereocenters. The van der Waals surface area contributed by atoms with E-state index in [2.05, 4.69) is 57.8 Å². The van der Waals surface area contributed by atoms with Gasteiger partial charge in [0.2, 0.25) is 83.3 Å². The molecule has 0 spiro atoms. The molecular weight excluding hydrogens is 1790 g/mol. The first-order valence-corrected chi connectivity index (χ1v) is 45.0. The summed E-state index contributed by atoms with van der Waals surface area (Å²) in [7, 11) is 6.06. The van der Waals surface area contributed by atoms with Gasteiger partial charge in [0.05, 0.1) is 44.3 Å². The third-order valence-corrected chi connectivity index (χ3v) is 23.1. The summed E-state index contributed by atoms with van der Waals surface area (Å²) in [4.78, 5) is 285. The normalized spacial score (nSPS) is 22.6. The molecule has 0 unspecified atom stereocenters. The van der Waals surface area contributed by atoms with Crippen molar-refractivity contribution in [3.05, 3.63) is 102 Å². The number of esters is 4. The van der Waals surface area contributed by atoms with Crippen LogP contribution in [0.5, 0.6) is 11.5 Å². The van der Waals surface area contributed by atoms with Crippen LogP contribution in [0, 0.1) is 17.8 Å². The maximum Gasteiger partial charge on any atom is 0.408 e. The lowest BCUT2D eigenvalue weighted by Crippen LogP contribution is -2.64. The molecule has 4 fully saturated rings. The van der Waals surface area contributed by atoms with E-state index >= 15 is 19.2 Å². The van der Waals surface area contributed by atoms with Crippen molar-refractivity contribution >= 4 is 140 Å². The van der Waals surface area contributed by atoms with Gasteiger partial charge in [-0.2, -0.15) is 0 Å². The Hall–Kier alpha value is -14.2. The second-order valence-electron chi connectivity index (χ2n) is 35.9. The number of amides is 15. The number of carbonyl (C=O) groups is 19. The molecule has 44 heteroatoms. The minimum absolute atomic E-state index is 0.0215. The Morgan fingerprint density at radius 2 is 0.971 bits per heavy atom. The summed E-state index contributed by atoms with van der Waals surface area (Å²) in [5, 5.41) is 24.7. The van der Waals surface area contributed by atoms with Crippen molar-refractivity contribution in [1.29, 1.82) is 0 Å². The van der Waals surface area contributed by atoms with Crippen LogP contribution in [0.25, 0.3) is 21.8 Å². The van der Waals surface area contributed by atoms with Gasteiger partial charge < -0.3 is 115 Å². The number of piperidine rings is 2. The molecule has 0 saturated carbocycles. The van der Waals surface area contributed by atoms with E-state index in [4.69, 9.17) is 37.9 Å². The number of rotatable bonds is 21. The van der Waals surface area contributed by atoms with Gasteiger partial charge in [-0.25, -0.2) is 19.6 Å². The molecular formula is C93H123N17O27. The molecule has 5 aromatic rings. The molecule has 4 saturated heterocycles. The number of para-hydroxylation sites is 2. The van der Waals surface area contributed by atoms with E-state index in [1.807, 2.05) is 0 Å². The van der Waals surface area contributed by atoms with Crippen LogP contribution in [-0.2, 0) is 112 Å². The van der Waals surface area contributed by atoms with Crippen LogP contribution in [0.4, 0.5) is 10.5 Å².